The van der Waals surface area contributed by atoms with Crippen LogP contribution in [0.3, 0.4) is 0 Å². The summed E-state index contributed by atoms with van der Waals surface area (Å²) in [5, 5.41) is 0. The first-order valence-electron chi connectivity index (χ1n) is 21.8. The molecule has 2 heteroatoms. The Morgan fingerprint density at radius 2 is 0.879 bits per heavy atom. The van der Waals surface area contributed by atoms with Crippen LogP contribution in [0.1, 0.15) is 118 Å². The minimum absolute atomic E-state index is 0.405. The van der Waals surface area contributed by atoms with E-state index in [1.54, 1.807) is 0 Å². The summed E-state index contributed by atoms with van der Waals surface area (Å²) >= 11 is 0. The van der Waals surface area contributed by atoms with Crippen LogP contribution in [0.2, 0.25) is 0 Å². The van der Waals surface area contributed by atoms with E-state index in [4.69, 9.17) is 0 Å². The van der Waals surface area contributed by atoms with E-state index in [-0.39, 0.29) is 0 Å². The van der Waals surface area contributed by atoms with Gasteiger partial charge in [0.25, 0.3) is 0 Å². The Labute approximate surface area is 359 Å². The van der Waals surface area contributed by atoms with Crippen LogP contribution in [0.5, 0.6) is 0 Å². The van der Waals surface area contributed by atoms with Gasteiger partial charge in [-0.25, -0.2) is 0 Å². The maximum atomic E-state index is 4.08. The molecule has 0 spiro atoms. The predicted octanol–water partition coefficient (Wildman–Crippen LogP) is 18.7. The number of benzene rings is 3. The van der Waals surface area contributed by atoms with Crippen LogP contribution in [0.15, 0.2) is 194 Å². The fourth-order valence-corrected chi connectivity index (χ4v) is 5.39. The van der Waals surface area contributed by atoms with Gasteiger partial charge in [-0.05, 0) is 117 Å². The van der Waals surface area contributed by atoms with Gasteiger partial charge in [0.1, 0.15) is 0 Å². The second-order valence-electron chi connectivity index (χ2n) is 11.6. The summed E-state index contributed by atoms with van der Waals surface area (Å²) in [4.78, 5) is 4.52. The molecule has 58 heavy (non-hydrogen) atoms. The summed E-state index contributed by atoms with van der Waals surface area (Å²) in [5.74, 6) is 0.405. The molecule has 3 rings (SSSR count). The molecule has 0 saturated carbocycles. The van der Waals surface area contributed by atoms with E-state index in [0.29, 0.717) is 5.92 Å². The van der Waals surface area contributed by atoms with Gasteiger partial charge < -0.3 is 9.80 Å². The molecule has 3 aromatic rings. The van der Waals surface area contributed by atoms with Crippen LogP contribution in [0.25, 0.3) is 22.3 Å². The van der Waals surface area contributed by atoms with Crippen molar-refractivity contribution in [2.45, 2.75) is 118 Å². The molecule has 2 nitrogen and oxygen atoms in total. The smallest absolute Gasteiger partial charge is 0.0461 e. The Balaban J connectivity index is -0.00000280. The van der Waals surface area contributed by atoms with Crippen molar-refractivity contribution in [2.24, 2.45) is 5.92 Å². The Morgan fingerprint density at radius 3 is 1.22 bits per heavy atom. The number of hydrogen-bond donors (Lipinski definition) is 0. The van der Waals surface area contributed by atoms with Crippen LogP contribution in [0.4, 0.5) is 11.4 Å². The van der Waals surface area contributed by atoms with Crippen LogP contribution in [0, 0.1) is 5.92 Å². The third-order valence-corrected chi connectivity index (χ3v) is 7.67. The third kappa shape index (κ3) is 19.7. The second kappa shape index (κ2) is 37.2. The molecule has 0 bridgehead atoms. The van der Waals surface area contributed by atoms with Gasteiger partial charge in [0.15, 0.2) is 0 Å². The standard InChI is InChI=1S/C46H52N2.5C2H6/c1-10-16-20-37(9)47(42(14-5)21-17-11-2)44-31-27-40(28-32-44)38-23-25-39(26-24-38)41-29-33-45(34-30-41)48(43(15-6)22-18-12-3)46(19-13-4)35-36(7)8;5*1-2/h10-36H,3,5H2,1-2,4,6-9H3;5*1-2H3/b16-10-,17-11-,19-13-,22-18-,37-20+,42-21+,43-15+,46-35+;;;;;. The molecule has 0 amide bonds. The summed E-state index contributed by atoms with van der Waals surface area (Å²) in [6, 6.07) is 26.3. The first kappa shape index (κ1) is 57.0. The summed E-state index contributed by atoms with van der Waals surface area (Å²) in [6.45, 7) is 42.7. The van der Waals surface area contributed by atoms with E-state index in [9.17, 15) is 0 Å². The summed E-state index contributed by atoms with van der Waals surface area (Å²) in [7, 11) is 0. The van der Waals surface area contributed by atoms with Gasteiger partial charge in [0.2, 0.25) is 0 Å². The SMILES string of the molecule is C=C/C=C\C(=C/C)N(C(/C=C\C)=C/C(C)C)c1ccc(-c2ccc(-c3ccc(N(/C(C)=C/C=C\C)/C(C=C)=C/C=C\C)cc3)cc2)cc1.CC.CC.CC.CC.CC. The molecule has 0 aromatic heterocycles. The zero-order valence-corrected chi connectivity index (χ0v) is 39.9. The lowest BCUT2D eigenvalue weighted by Crippen LogP contribution is -2.20. The molecule has 0 aliphatic rings. The number of rotatable bonds is 15. The highest BCUT2D eigenvalue weighted by Crippen LogP contribution is 2.32. The predicted molar refractivity (Wildman–Crippen MR) is 272 cm³/mol. The highest BCUT2D eigenvalue weighted by atomic mass is 15.2. The quantitative estimate of drug-likeness (QED) is 0.142. The molecule has 0 saturated heterocycles. The first-order chi connectivity index (χ1) is 28.3. The lowest BCUT2D eigenvalue weighted by atomic mass is 9.99. The van der Waals surface area contributed by atoms with Crippen LogP contribution < -0.4 is 9.80 Å². The minimum Gasteiger partial charge on any atom is -0.315 e. The van der Waals surface area contributed by atoms with E-state index in [0.717, 1.165) is 34.2 Å². The fraction of sp³-hybridized carbons (Fsp3) is 0.321. The maximum absolute atomic E-state index is 4.08. The van der Waals surface area contributed by atoms with Gasteiger partial charge >= 0.3 is 0 Å². The molecule has 0 radical (unpaired) electrons. The third-order valence-electron chi connectivity index (χ3n) is 7.67. The largest absolute Gasteiger partial charge is 0.315 e. The Kier molecular flexibility index (Phi) is 36.6. The number of hydrogen-bond acceptors (Lipinski definition) is 2. The Bertz CT molecular complexity index is 1730. The summed E-state index contributed by atoms with van der Waals surface area (Å²) in [6.07, 6.45) is 28.8. The van der Waals surface area contributed by atoms with Crippen LogP contribution in [-0.2, 0) is 0 Å². The molecule has 0 atom stereocenters. The number of anilines is 2. The highest BCUT2D eigenvalue weighted by molar-refractivity contribution is 5.74. The minimum atomic E-state index is 0.405. The molecule has 0 aliphatic carbocycles. The van der Waals surface area contributed by atoms with Crippen LogP contribution >= 0.6 is 0 Å². The number of nitrogens with zero attached hydrogens (tertiary/aromatic N) is 2. The van der Waals surface area contributed by atoms with E-state index in [1.165, 1.54) is 22.3 Å². The van der Waals surface area contributed by atoms with Crippen molar-refractivity contribution in [1.29, 1.82) is 0 Å². The average molecular weight is 783 g/mol. The Hall–Kier alpha value is -5.34. The first-order valence-corrected chi connectivity index (χ1v) is 21.8. The highest BCUT2D eigenvalue weighted by Gasteiger charge is 2.15. The average Bonchev–Trinajstić information content (AvgIpc) is 3.29. The topological polar surface area (TPSA) is 6.48 Å². The summed E-state index contributed by atoms with van der Waals surface area (Å²) < 4.78 is 0. The van der Waals surface area contributed by atoms with Crippen molar-refractivity contribution in [3.8, 4) is 22.3 Å². The van der Waals surface area contributed by atoms with Gasteiger partial charge in [-0.15, -0.1) is 0 Å². The van der Waals surface area contributed by atoms with E-state index >= 15 is 0 Å². The van der Waals surface area contributed by atoms with Crippen molar-refractivity contribution < 1.29 is 0 Å². The van der Waals surface area contributed by atoms with Crippen molar-refractivity contribution >= 4 is 11.4 Å². The molecule has 0 aliphatic heterocycles. The van der Waals surface area contributed by atoms with Gasteiger partial charge in [0.05, 0.1) is 0 Å². The van der Waals surface area contributed by atoms with Crippen molar-refractivity contribution in [1.82, 2.24) is 0 Å². The monoisotopic (exact) mass is 783 g/mol. The van der Waals surface area contributed by atoms with Gasteiger partial charge in [-0.3, -0.25) is 0 Å². The van der Waals surface area contributed by atoms with Crippen LogP contribution in [-0.4, -0.2) is 0 Å². The lowest BCUT2D eigenvalue weighted by Gasteiger charge is -2.28. The molecule has 3 aromatic carbocycles. The Morgan fingerprint density at radius 1 is 0.483 bits per heavy atom. The van der Waals surface area contributed by atoms with Gasteiger partial charge in [-0.2, -0.15) is 0 Å². The molecular formula is C56H82N2. The number of allylic oxidation sites excluding steroid dienone is 15. The van der Waals surface area contributed by atoms with E-state index in [1.807, 2.05) is 120 Å². The molecule has 0 fully saturated rings. The molecule has 0 N–H and O–H groups in total. The van der Waals surface area contributed by atoms with E-state index < -0.39 is 0 Å². The van der Waals surface area contributed by atoms with E-state index in [2.05, 4.69) is 179 Å². The van der Waals surface area contributed by atoms with Gasteiger partial charge in [-0.1, -0.05) is 199 Å². The van der Waals surface area contributed by atoms with Crippen molar-refractivity contribution in [3.63, 3.8) is 0 Å². The van der Waals surface area contributed by atoms with Crippen molar-refractivity contribution in [2.75, 3.05) is 9.80 Å². The van der Waals surface area contributed by atoms with Gasteiger partial charge in [0, 0.05) is 34.2 Å². The maximum Gasteiger partial charge on any atom is 0.0461 e. The zero-order chi connectivity index (χ0) is 44.9. The van der Waals surface area contributed by atoms with Crippen molar-refractivity contribution in [3.05, 3.63) is 194 Å². The molecule has 0 heterocycles. The second-order valence-corrected chi connectivity index (χ2v) is 11.6. The molecule has 316 valence electrons. The summed E-state index contributed by atoms with van der Waals surface area (Å²) in [5.41, 5.74) is 11.2. The molecule has 0 unspecified atom stereocenters. The normalized spacial score (nSPS) is 11.6. The fourth-order valence-electron chi connectivity index (χ4n) is 5.39. The zero-order valence-electron chi connectivity index (χ0n) is 39.9. The molecular weight excluding hydrogens is 701 g/mol. The lowest BCUT2D eigenvalue weighted by molar-refractivity contribution is 0.819.